The van der Waals surface area contributed by atoms with Crippen LogP contribution in [0, 0.1) is 23.3 Å². The minimum absolute atomic E-state index is 0.0175. The highest BCUT2D eigenvalue weighted by molar-refractivity contribution is 5.69. The van der Waals surface area contributed by atoms with Gasteiger partial charge in [0, 0.05) is 6.07 Å². The molecule has 0 unspecified atom stereocenters. The number of hydrogen-bond donors (Lipinski definition) is 0. The minimum atomic E-state index is -5.60. The van der Waals surface area contributed by atoms with Gasteiger partial charge in [0.05, 0.1) is 19.8 Å². The maximum absolute atomic E-state index is 14.0. The number of methoxy groups -OCH3 is 2. The normalized spacial score (nSPS) is 11.5. The van der Waals surface area contributed by atoms with Gasteiger partial charge in [-0.25, -0.2) is 17.6 Å². The van der Waals surface area contributed by atoms with Crippen LogP contribution in [0.5, 0.6) is 11.5 Å². The quantitative estimate of drug-likeness (QED) is 0.574. The van der Waals surface area contributed by atoms with E-state index in [1.54, 1.807) is 0 Å². The summed E-state index contributed by atoms with van der Waals surface area (Å²) in [6.07, 6.45) is -5.60. The van der Waals surface area contributed by atoms with E-state index in [1.165, 1.54) is 20.3 Å². The molecule has 0 bridgehead atoms. The Balaban J connectivity index is 2.82. The van der Waals surface area contributed by atoms with Crippen LogP contribution in [0.25, 0.3) is 11.1 Å². The Morgan fingerprint density at radius 3 is 1.46 bits per heavy atom. The van der Waals surface area contributed by atoms with Gasteiger partial charge in [-0.2, -0.15) is 13.2 Å². The Labute approximate surface area is 131 Å². The van der Waals surface area contributed by atoms with Crippen LogP contribution in [0.2, 0.25) is 0 Å². The second kappa shape index (κ2) is 6.21. The van der Waals surface area contributed by atoms with Crippen molar-refractivity contribution in [1.82, 2.24) is 0 Å². The van der Waals surface area contributed by atoms with E-state index in [9.17, 15) is 30.7 Å². The van der Waals surface area contributed by atoms with Crippen molar-refractivity contribution < 1.29 is 40.2 Å². The van der Waals surface area contributed by atoms with E-state index in [-0.39, 0.29) is 11.5 Å². The summed E-state index contributed by atoms with van der Waals surface area (Å²) in [6, 6.07) is 3.29. The Morgan fingerprint density at radius 1 is 0.708 bits per heavy atom. The van der Waals surface area contributed by atoms with Crippen molar-refractivity contribution in [2.24, 2.45) is 0 Å². The van der Waals surface area contributed by atoms with Gasteiger partial charge in [0.1, 0.15) is 17.1 Å². The van der Waals surface area contributed by atoms with Gasteiger partial charge >= 0.3 is 6.18 Å². The molecule has 0 aromatic heterocycles. The van der Waals surface area contributed by atoms with E-state index in [1.807, 2.05) is 0 Å². The molecule has 0 radical (unpaired) electrons. The van der Waals surface area contributed by atoms with E-state index in [4.69, 9.17) is 9.47 Å². The molecule has 0 aliphatic rings. The van der Waals surface area contributed by atoms with Crippen molar-refractivity contribution >= 4 is 0 Å². The summed E-state index contributed by atoms with van der Waals surface area (Å²) in [7, 11) is 2.42. The van der Waals surface area contributed by atoms with E-state index in [0.717, 1.165) is 12.1 Å². The predicted molar refractivity (Wildman–Crippen MR) is 69.8 cm³/mol. The minimum Gasteiger partial charge on any atom is -0.497 e. The van der Waals surface area contributed by atoms with Gasteiger partial charge in [-0.05, 0) is 17.7 Å². The van der Waals surface area contributed by atoms with Crippen LogP contribution < -0.4 is 9.47 Å². The molecule has 0 amide bonds. The molecule has 0 N–H and O–H groups in total. The average molecular weight is 354 g/mol. The maximum atomic E-state index is 14.0. The number of ether oxygens (including phenoxy) is 2. The SMILES string of the molecule is COc1cc(OC)cc(-c2c(F)c(F)c(C(F)(F)F)c(F)c2F)c1. The molecule has 0 aliphatic carbocycles. The van der Waals surface area contributed by atoms with Crippen molar-refractivity contribution in [1.29, 1.82) is 0 Å². The number of hydrogen-bond acceptors (Lipinski definition) is 2. The zero-order valence-corrected chi connectivity index (χ0v) is 12.2. The second-order valence-electron chi connectivity index (χ2n) is 4.61. The standard InChI is InChI=1S/C15H9F7O2/c1-23-7-3-6(4-8(5-7)24-2)9-11(16)13(18)10(15(20,21)22)14(19)12(9)17/h3-5H,1-2H3. The second-order valence-corrected chi connectivity index (χ2v) is 4.61. The van der Waals surface area contributed by atoms with Gasteiger partial charge in [0.2, 0.25) is 0 Å². The van der Waals surface area contributed by atoms with Crippen LogP contribution in [0.15, 0.2) is 18.2 Å². The zero-order valence-electron chi connectivity index (χ0n) is 12.2. The molecule has 130 valence electrons. The van der Waals surface area contributed by atoms with Crippen LogP contribution in [0.1, 0.15) is 5.56 Å². The van der Waals surface area contributed by atoms with Gasteiger partial charge in [0.25, 0.3) is 0 Å². The van der Waals surface area contributed by atoms with Gasteiger partial charge in [-0.3, -0.25) is 0 Å². The molecule has 9 heteroatoms. The summed E-state index contributed by atoms with van der Waals surface area (Å²) >= 11 is 0. The van der Waals surface area contributed by atoms with E-state index in [2.05, 4.69) is 0 Å². The third kappa shape index (κ3) is 2.98. The first kappa shape index (κ1) is 17.9. The highest BCUT2D eigenvalue weighted by atomic mass is 19.4. The fourth-order valence-corrected chi connectivity index (χ4v) is 2.09. The molecular formula is C15H9F7O2. The fraction of sp³-hybridized carbons (Fsp3) is 0.200. The van der Waals surface area contributed by atoms with Crippen LogP contribution in [0.4, 0.5) is 30.7 Å². The molecule has 0 saturated heterocycles. The fourth-order valence-electron chi connectivity index (χ4n) is 2.09. The topological polar surface area (TPSA) is 18.5 Å². The molecule has 0 fully saturated rings. The lowest BCUT2D eigenvalue weighted by molar-refractivity contribution is -0.143. The summed E-state index contributed by atoms with van der Waals surface area (Å²) in [4.78, 5) is 0. The molecule has 0 atom stereocenters. The Kier molecular flexibility index (Phi) is 4.63. The molecule has 0 saturated carbocycles. The summed E-state index contributed by atoms with van der Waals surface area (Å²) in [5, 5.41) is 0. The van der Waals surface area contributed by atoms with Gasteiger partial charge < -0.3 is 9.47 Å². The number of rotatable bonds is 3. The molecule has 2 nitrogen and oxygen atoms in total. The summed E-state index contributed by atoms with van der Waals surface area (Å²) < 4.78 is 103. The van der Waals surface area contributed by atoms with E-state index in [0.29, 0.717) is 0 Å². The molecule has 2 aromatic rings. The van der Waals surface area contributed by atoms with Crippen molar-refractivity contribution in [2.75, 3.05) is 14.2 Å². The van der Waals surface area contributed by atoms with Gasteiger partial charge in [-0.15, -0.1) is 0 Å². The molecule has 0 spiro atoms. The molecule has 2 rings (SSSR count). The molecule has 2 aromatic carbocycles. The van der Waals surface area contributed by atoms with E-state index < -0.39 is 46.1 Å². The van der Waals surface area contributed by atoms with Crippen LogP contribution >= 0.6 is 0 Å². The van der Waals surface area contributed by atoms with E-state index >= 15 is 0 Å². The first-order valence-electron chi connectivity index (χ1n) is 6.28. The van der Waals surface area contributed by atoms with Crippen LogP contribution in [0.3, 0.4) is 0 Å². The monoisotopic (exact) mass is 354 g/mol. The van der Waals surface area contributed by atoms with Crippen LogP contribution in [-0.4, -0.2) is 14.2 Å². The van der Waals surface area contributed by atoms with Gasteiger partial charge in [-0.1, -0.05) is 0 Å². The maximum Gasteiger partial charge on any atom is 0.422 e. The number of alkyl halides is 3. The Bertz CT molecular complexity index is 733. The molecule has 0 aliphatic heterocycles. The number of halogens is 7. The predicted octanol–water partition coefficient (Wildman–Crippen LogP) is 4.95. The lowest BCUT2D eigenvalue weighted by Crippen LogP contribution is -2.16. The average Bonchev–Trinajstić information content (AvgIpc) is 2.51. The molecule has 0 heterocycles. The van der Waals surface area contributed by atoms with Crippen molar-refractivity contribution in [3.05, 3.63) is 47.0 Å². The molecular weight excluding hydrogens is 345 g/mol. The van der Waals surface area contributed by atoms with Crippen molar-refractivity contribution in [2.45, 2.75) is 6.18 Å². The Morgan fingerprint density at radius 2 is 1.12 bits per heavy atom. The van der Waals surface area contributed by atoms with Crippen LogP contribution in [-0.2, 0) is 6.18 Å². The number of benzene rings is 2. The first-order chi connectivity index (χ1) is 11.1. The first-order valence-corrected chi connectivity index (χ1v) is 6.28. The van der Waals surface area contributed by atoms with Gasteiger partial charge in [0.15, 0.2) is 23.3 Å². The van der Waals surface area contributed by atoms with Crippen molar-refractivity contribution in [3.63, 3.8) is 0 Å². The third-order valence-corrected chi connectivity index (χ3v) is 3.19. The summed E-state index contributed by atoms with van der Waals surface area (Å²) in [5.41, 5.74) is -4.38. The molecule has 24 heavy (non-hydrogen) atoms. The smallest absolute Gasteiger partial charge is 0.422 e. The lowest BCUT2D eigenvalue weighted by Gasteiger charge is -2.15. The summed E-state index contributed by atoms with van der Waals surface area (Å²) in [5.74, 6) is -9.36. The summed E-state index contributed by atoms with van der Waals surface area (Å²) in [6.45, 7) is 0. The zero-order chi connectivity index (χ0) is 18.2. The third-order valence-electron chi connectivity index (χ3n) is 3.19. The lowest BCUT2D eigenvalue weighted by atomic mass is 10.00. The highest BCUT2D eigenvalue weighted by Crippen LogP contribution is 2.41. The Hall–Kier alpha value is -2.45. The highest BCUT2D eigenvalue weighted by Gasteiger charge is 2.42. The largest absolute Gasteiger partial charge is 0.497 e. The van der Waals surface area contributed by atoms with Crippen molar-refractivity contribution in [3.8, 4) is 22.6 Å².